The number of hydrogen-bond donors (Lipinski definition) is 1. The Morgan fingerprint density at radius 1 is 1.20 bits per heavy atom. The summed E-state index contributed by atoms with van der Waals surface area (Å²) in [5, 5.41) is 3.06. The number of rotatable bonds is 5. The van der Waals surface area contributed by atoms with Crippen LogP contribution in [0.25, 0.3) is 0 Å². The minimum atomic E-state index is 0.0979. The molecule has 1 aromatic rings. The second-order valence-electron chi connectivity index (χ2n) is 5.96. The van der Waals surface area contributed by atoms with Crippen LogP contribution in [0.5, 0.6) is 0 Å². The van der Waals surface area contributed by atoms with E-state index in [0.717, 1.165) is 17.8 Å². The highest BCUT2D eigenvalue weighted by atomic mass is 16.2. The Balaban J connectivity index is 2.04. The molecule has 0 atom stereocenters. The van der Waals surface area contributed by atoms with Gasteiger partial charge in [0.1, 0.15) is 0 Å². The molecule has 0 radical (unpaired) electrons. The maximum absolute atomic E-state index is 12.5. The third-order valence-electron chi connectivity index (χ3n) is 4.53. The van der Waals surface area contributed by atoms with Crippen LogP contribution >= 0.6 is 0 Å². The van der Waals surface area contributed by atoms with E-state index in [-0.39, 0.29) is 11.4 Å². The number of benzene rings is 1. The van der Waals surface area contributed by atoms with Crippen LogP contribution in [0.2, 0.25) is 0 Å². The first-order valence-electron chi connectivity index (χ1n) is 7.19. The van der Waals surface area contributed by atoms with Gasteiger partial charge in [0.2, 0.25) is 0 Å². The highest BCUT2D eigenvalue weighted by Gasteiger charge is 2.40. The zero-order chi connectivity index (χ0) is 14.8. The summed E-state index contributed by atoms with van der Waals surface area (Å²) in [4.78, 5) is 16.6. The fraction of sp³-hybridized carbons (Fsp3) is 0.562. The van der Waals surface area contributed by atoms with E-state index < -0.39 is 0 Å². The standard InChI is InChI=1S/C16H25N3O/c1-17-14-8-6-13(7-9-14)15(20)19(4)12-16(18(2)3)10-5-11-16/h6-9,17H,5,10-12H2,1-4H3. The van der Waals surface area contributed by atoms with Gasteiger partial charge in [0.05, 0.1) is 0 Å². The fourth-order valence-electron chi connectivity index (χ4n) is 2.84. The van der Waals surface area contributed by atoms with Crippen LogP contribution < -0.4 is 5.32 Å². The van der Waals surface area contributed by atoms with E-state index in [1.165, 1.54) is 19.3 Å². The van der Waals surface area contributed by atoms with E-state index in [4.69, 9.17) is 0 Å². The van der Waals surface area contributed by atoms with Crippen molar-refractivity contribution in [2.75, 3.05) is 40.1 Å². The van der Waals surface area contributed by atoms with Crippen molar-refractivity contribution in [3.05, 3.63) is 29.8 Å². The minimum Gasteiger partial charge on any atom is -0.388 e. The average molecular weight is 275 g/mol. The fourth-order valence-corrected chi connectivity index (χ4v) is 2.84. The molecule has 0 aromatic heterocycles. The molecule has 0 bridgehead atoms. The van der Waals surface area contributed by atoms with Gasteiger partial charge in [-0.15, -0.1) is 0 Å². The molecule has 0 saturated heterocycles. The lowest BCUT2D eigenvalue weighted by Crippen LogP contribution is -2.57. The van der Waals surface area contributed by atoms with Crippen molar-refractivity contribution in [2.45, 2.75) is 24.8 Å². The molecular weight excluding hydrogens is 250 g/mol. The summed E-state index contributed by atoms with van der Waals surface area (Å²) in [6.07, 6.45) is 3.61. The SMILES string of the molecule is CNc1ccc(C(=O)N(C)CC2(N(C)C)CCC2)cc1. The number of nitrogens with zero attached hydrogens (tertiary/aromatic N) is 2. The lowest BCUT2D eigenvalue weighted by Gasteiger charge is -2.49. The number of likely N-dealkylation sites (N-methyl/N-ethyl adjacent to an activating group) is 2. The summed E-state index contributed by atoms with van der Waals surface area (Å²) in [7, 11) is 8.00. The number of carbonyl (C=O) groups excluding carboxylic acids is 1. The molecule has 1 N–H and O–H groups in total. The first-order valence-corrected chi connectivity index (χ1v) is 7.19. The van der Waals surface area contributed by atoms with Crippen molar-refractivity contribution in [2.24, 2.45) is 0 Å². The van der Waals surface area contributed by atoms with Gasteiger partial charge in [0.15, 0.2) is 0 Å². The molecule has 0 heterocycles. The Morgan fingerprint density at radius 3 is 2.20 bits per heavy atom. The third kappa shape index (κ3) is 2.80. The number of carbonyl (C=O) groups is 1. The topological polar surface area (TPSA) is 35.6 Å². The molecule has 0 unspecified atom stereocenters. The molecular formula is C16H25N3O. The number of nitrogens with one attached hydrogen (secondary N) is 1. The van der Waals surface area contributed by atoms with Gasteiger partial charge in [-0.05, 0) is 57.6 Å². The molecule has 4 nitrogen and oxygen atoms in total. The average Bonchev–Trinajstić information content (AvgIpc) is 2.41. The summed E-state index contributed by atoms with van der Waals surface area (Å²) in [6, 6.07) is 7.64. The van der Waals surface area contributed by atoms with Gasteiger partial charge in [0, 0.05) is 37.4 Å². The van der Waals surface area contributed by atoms with E-state index in [9.17, 15) is 4.79 Å². The van der Waals surface area contributed by atoms with Gasteiger partial charge in [-0.25, -0.2) is 0 Å². The molecule has 2 rings (SSSR count). The first-order chi connectivity index (χ1) is 9.48. The smallest absolute Gasteiger partial charge is 0.253 e. The van der Waals surface area contributed by atoms with Crippen LogP contribution in [0.1, 0.15) is 29.6 Å². The lowest BCUT2D eigenvalue weighted by molar-refractivity contribution is 0.0252. The van der Waals surface area contributed by atoms with E-state index in [2.05, 4.69) is 24.3 Å². The molecule has 4 heteroatoms. The number of anilines is 1. The van der Waals surface area contributed by atoms with Gasteiger partial charge in [-0.1, -0.05) is 0 Å². The molecule has 0 aliphatic heterocycles. The van der Waals surface area contributed by atoms with Gasteiger partial charge in [0.25, 0.3) is 5.91 Å². The van der Waals surface area contributed by atoms with Crippen LogP contribution in [0.4, 0.5) is 5.69 Å². The van der Waals surface area contributed by atoms with Crippen LogP contribution in [0, 0.1) is 0 Å². The van der Waals surface area contributed by atoms with E-state index in [0.29, 0.717) is 0 Å². The summed E-state index contributed by atoms with van der Waals surface area (Å²) >= 11 is 0. The molecule has 20 heavy (non-hydrogen) atoms. The Labute approximate surface area is 121 Å². The van der Waals surface area contributed by atoms with Gasteiger partial charge in [-0.3, -0.25) is 4.79 Å². The van der Waals surface area contributed by atoms with Gasteiger partial charge >= 0.3 is 0 Å². The van der Waals surface area contributed by atoms with Crippen LogP contribution in [-0.2, 0) is 0 Å². The highest BCUT2D eigenvalue weighted by molar-refractivity contribution is 5.94. The van der Waals surface area contributed by atoms with E-state index in [1.54, 1.807) is 0 Å². The molecule has 1 aromatic carbocycles. The van der Waals surface area contributed by atoms with Crippen molar-refractivity contribution in [3.63, 3.8) is 0 Å². The maximum Gasteiger partial charge on any atom is 0.253 e. The summed E-state index contributed by atoms with van der Waals surface area (Å²) in [5.74, 6) is 0.0979. The van der Waals surface area contributed by atoms with E-state index in [1.807, 2.05) is 43.3 Å². The summed E-state index contributed by atoms with van der Waals surface area (Å²) < 4.78 is 0. The summed E-state index contributed by atoms with van der Waals surface area (Å²) in [6.45, 7) is 0.798. The second kappa shape index (κ2) is 5.83. The maximum atomic E-state index is 12.5. The third-order valence-corrected chi connectivity index (χ3v) is 4.53. The van der Waals surface area contributed by atoms with Crippen molar-refractivity contribution in [3.8, 4) is 0 Å². The minimum absolute atomic E-state index is 0.0979. The highest BCUT2D eigenvalue weighted by Crippen LogP contribution is 2.36. The molecule has 1 aliphatic rings. The predicted molar refractivity (Wildman–Crippen MR) is 83.2 cm³/mol. The monoisotopic (exact) mass is 275 g/mol. The van der Waals surface area contributed by atoms with Crippen LogP contribution in [-0.4, -0.2) is 56.0 Å². The Morgan fingerprint density at radius 2 is 1.80 bits per heavy atom. The zero-order valence-electron chi connectivity index (χ0n) is 12.9. The molecule has 0 spiro atoms. The van der Waals surface area contributed by atoms with Crippen LogP contribution in [0.3, 0.4) is 0 Å². The Hall–Kier alpha value is -1.55. The number of hydrogen-bond acceptors (Lipinski definition) is 3. The quantitative estimate of drug-likeness (QED) is 0.895. The largest absolute Gasteiger partial charge is 0.388 e. The van der Waals surface area contributed by atoms with Gasteiger partial charge < -0.3 is 15.1 Å². The van der Waals surface area contributed by atoms with E-state index >= 15 is 0 Å². The normalized spacial score (nSPS) is 16.6. The Bertz CT molecular complexity index is 463. The number of amides is 1. The molecule has 110 valence electrons. The zero-order valence-corrected chi connectivity index (χ0v) is 12.9. The van der Waals surface area contributed by atoms with Crippen molar-refractivity contribution >= 4 is 11.6 Å². The van der Waals surface area contributed by atoms with Crippen molar-refractivity contribution in [1.29, 1.82) is 0 Å². The summed E-state index contributed by atoms with van der Waals surface area (Å²) in [5.41, 5.74) is 1.95. The lowest BCUT2D eigenvalue weighted by atomic mass is 9.75. The first kappa shape index (κ1) is 14.9. The second-order valence-corrected chi connectivity index (χ2v) is 5.96. The van der Waals surface area contributed by atoms with Crippen molar-refractivity contribution < 1.29 is 4.79 Å². The molecule has 1 saturated carbocycles. The molecule has 1 amide bonds. The van der Waals surface area contributed by atoms with Crippen molar-refractivity contribution in [1.82, 2.24) is 9.80 Å². The predicted octanol–water partition coefficient (Wildman–Crippen LogP) is 2.28. The molecule has 1 aliphatic carbocycles. The van der Waals surface area contributed by atoms with Gasteiger partial charge in [-0.2, -0.15) is 0 Å². The van der Waals surface area contributed by atoms with Crippen LogP contribution in [0.15, 0.2) is 24.3 Å². The molecule has 1 fully saturated rings. The Kier molecular flexibility index (Phi) is 4.33.